The maximum Gasteiger partial charge on any atom is 0.341 e. The average molecular weight is 320 g/mol. The second-order valence-corrected chi connectivity index (χ2v) is 5.79. The van der Waals surface area contributed by atoms with Gasteiger partial charge in [0.25, 0.3) is 5.56 Å². The van der Waals surface area contributed by atoms with Crippen LogP contribution in [0.4, 0.5) is 0 Å². The van der Waals surface area contributed by atoms with Gasteiger partial charge in [0, 0.05) is 17.3 Å². The predicted molar refractivity (Wildman–Crippen MR) is 82.3 cm³/mol. The number of aliphatic hydroxyl groups is 1. The molecule has 1 heterocycles. The highest BCUT2D eigenvalue weighted by atomic mass is 35.5. The van der Waals surface area contributed by atoms with Gasteiger partial charge in [-0.15, -0.1) is 0 Å². The van der Waals surface area contributed by atoms with E-state index in [-0.39, 0.29) is 18.2 Å². The van der Waals surface area contributed by atoms with Gasteiger partial charge in [-0.05, 0) is 47.7 Å². The molecule has 2 aromatic rings. The molecular formula is C16H14ClNO4. The summed E-state index contributed by atoms with van der Waals surface area (Å²) in [6.07, 6.45) is 3.38. The third kappa shape index (κ3) is 2.65. The minimum atomic E-state index is -1.26. The molecule has 1 aromatic carbocycles. The molecule has 114 valence electrons. The van der Waals surface area contributed by atoms with Crippen LogP contribution in [0.1, 0.15) is 34.8 Å². The number of hydrogen-bond donors (Lipinski definition) is 2. The smallest absolute Gasteiger partial charge is 0.341 e. The molecule has 22 heavy (non-hydrogen) atoms. The molecule has 0 aliphatic heterocycles. The zero-order chi connectivity index (χ0) is 15.9. The number of nitrogens with zero attached hydrogens (tertiary/aromatic N) is 1. The molecule has 1 fully saturated rings. The number of aliphatic hydroxyl groups excluding tert-OH is 1. The van der Waals surface area contributed by atoms with Crippen LogP contribution >= 0.6 is 11.6 Å². The normalized spacial score (nSPS) is 14.1. The summed E-state index contributed by atoms with van der Waals surface area (Å²) in [6.45, 7) is -0.197. The fourth-order valence-electron chi connectivity index (χ4n) is 2.48. The Hall–Kier alpha value is -2.11. The Bertz CT molecular complexity index is 808. The van der Waals surface area contributed by atoms with E-state index in [9.17, 15) is 19.8 Å². The van der Waals surface area contributed by atoms with E-state index < -0.39 is 11.5 Å². The second kappa shape index (κ2) is 5.59. The lowest BCUT2D eigenvalue weighted by Gasteiger charge is -2.12. The molecule has 0 spiro atoms. The van der Waals surface area contributed by atoms with Crippen LogP contribution in [0.5, 0.6) is 0 Å². The van der Waals surface area contributed by atoms with E-state index in [1.165, 1.54) is 10.6 Å². The number of aromatic carboxylic acids is 1. The Morgan fingerprint density at radius 1 is 1.32 bits per heavy atom. The molecule has 6 heteroatoms. The van der Waals surface area contributed by atoms with Crippen LogP contribution in [0.15, 0.2) is 35.3 Å². The van der Waals surface area contributed by atoms with Gasteiger partial charge in [-0.1, -0.05) is 17.7 Å². The van der Waals surface area contributed by atoms with Crippen LogP contribution in [0.3, 0.4) is 0 Å². The first-order chi connectivity index (χ1) is 10.5. The molecule has 1 aliphatic carbocycles. The molecule has 0 atom stereocenters. The molecule has 1 aliphatic rings. The van der Waals surface area contributed by atoms with Gasteiger partial charge in [-0.2, -0.15) is 0 Å². The number of carbonyl (C=O) groups is 1. The Morgan fingerprint density at radius 2 is 2.05 bits per heavy atom. The number of halogens is 1. The van der Waals surface area contributed by atoms with Crippen molar-refractivity contribution in [2.24, 2.45) is 0 Å². The monoisotopic (exact) mass is 319 g/mol. The fourth-order valence-corrected chi connectivity index (χ4v) is 2.65. The van der Waals surface area contributed by atoms with E-state index >= 15 is 0 Å². The van der Waals surface area contributed by atoms with Gasteiger partial charge in [0.05, 0.1) is 6.61 Å². The molecule has 5 nitrogen and oxygen atoms in total. The standard InChI is InChI=1S/C16H14ClNO4/c17-11-2-1-9(8-19)13(6-11)10-5-14(16(21)22)15(20)18(7-10)12-3-4-12/h1-2,5-7,12,19H,3-4,8H2,(H,21,22). The van der Waals surface area contributed by atoms with E-state index in [0.29, 0.717) is 21.7 Å². The summed E-state index contributed by atoms with van der Waals surface area (Å²) in [7, 11) is 0. The van der Waals surface area contributed by atoms with E-state index in [1.807, 2.05) is 0 Å². The van der Waals surface area contributed by atoms with E-state index in [4.69, 9.17) is 11.6 Å². The summed E-state index contributed by atoms with van der Waals surface area (Å²) in [6, 6.07) is 6.41. The molecule has 0 radical (unpaired) electrons. The lowest BCUT2D eigenvalue weighted by atomic mass is 10.00. The number of rotatable bonds is 4. The molecule has 0 saturated heterocycles. The summed E-state index contributed by atoms with van der Waals surface area (Å²) in [4.78, 5) is 23.5. The van der Waals surface area contributed by atoms with Crippen molar-refractivity contribution in [3.05, 3.63) is 57.0 Å². The number of hydrogen-bond acceptors (Lipinski definition) is 3. The largest absolute Gasteiger partial charge is 0.477 e. The van der Waals surface area contributed by atoms with Crippen molar-refractivity contribution >= 4 is 17.6 Å². The van der Waals surface area contributed by atoms with Crippen molar-refractivity contribution < 1.29 is 15.0 Å². The van der Waals surface area contributed by atoms with Gasteiger partial charge >= 0.3 is 5.97 Å². The molecule has 0 unspecified atom stereocenters. The summed E-state index contributed by atoms with van der Waals surface area (Å²) >= 11 is 6.01. The molecule has 3 rings (SSSR count). The highest BCUT2D eigenvalue weighted by Gasteiger charge is 2.27. The van der Waals surface area contributed by atoms with Crippen molar-refractivity contribution in [2.45, 2.75) is 25.5 Å². The third-order valence-electron chi connectivity index (χ3n) is 3.77. The van der Waals surface area contributed by atoms with Crippen LogP contribution in [0.25, 0.3) is 11.1 Å². The molecule has 0 bridgehead atoms. The molecular weight excluding hydrogens is 306 g/mol. The zero-order valence-corrected chi connectivity index (χ0v) is 12.4. The minimum absolute atomic E-state index is 0.0577. The zero-order valence-electron chi connectivity index (χ0n) is 11.6. The predicted octanol–water partition coefficient (Wildman–Crippen LogP) is 2.69. The van der Waals surface area contributed by atoms with Gasteiger partial charge in [-0.25, -0.2) is 4.79 Å². The first kappa shape index (κ1) is 14.8. The Morgan fingerprint density at radius 3 is 2.64 bits per heavy atom. The maximum atomic E-state index is 12.2. The van der Waals surface area contributed by atoms with Crippen molar-refractivity contribution in [3.63, 3.8) is 0 Å². The number of aromatic nitrogens is 1. The maximum absolute atomic E-state index is 12.2. The van der Waals surface area contributed by atoms with Gasteiger partial charge < -0.3 is 14.8 Å². The average Bonchev–Trinajstić information content (AvgIpc) is 3.31. The van der Waals surface area contributed by atoms with Crippen LogP contribution in [-0.4, -0.2) is 20.7 Å². The number of carboxylic acid groups (broad SMARTS) is 1. The van der Waals surface area contributed by atoms with Gasteiger partial charge in [0.15, 0.2) is 0 Å². The lowest BCUT2D eigenvalue weighted by Crippen LogP contribution is -2.25. The summed E-state index contributed by atoms with van der Waals surface area (Å²) in [5.41, 5.74) is 1.06. The third-order valence-corrected chi connectivity index (χ3v) is 4.00. The number of carboxylic acids is 1. The van der Waals surface area contributed by atoms with Crippen molar-refractivity contribution in [1.82, 2.24) is 4.57 Å². The number of pyridine rings is 1. The van der Waals surface area contributed by atoms with Crippen molar-refractivity contribution in [1.29, 1.82) is 0 Å². The lowest BCUT2D eigenvalue weighted by molar-refractivity contribution is 0.0694. The quantitative estimate of drug-likeness (QED) is 0.908. The fraction of sp³-hybridized carbons (Fsp3) is 0.250. The van der Waals surface area contributed by atoms with Crippen molar-refractivity contribution in [3.8, 4) is 11.1 Å². The second-order valence-electron chi connectivity index (χ2n) is 5.35. The highest BCUT2D eigenvalue weighted by molar-refractivity contribution is 6.30. The summed E-state index contributed by atoms with van der Waals surface area (Å²) < 4.78 is 1.47. The van der Waals surface area contributed by atoms with Crippen LogP contribution < -0.4 is 5.56 Å². The van der Waals surface area contributed by atoms with E-state index in [0.717, 1.165) is 12.8 Å². The van der Waals surface area contributed by atoms with Crippen LogP contribution in [0, 0.1) is 0 Å². The number of benzene rings is 1. The Kier molecular flexibility index (Phi) is 3.76. The summed E-state index contributed by atoms with van der Waals surface area (Å²) in [5, 5.41) is 19.2. The van der Waals surface area contributed by atoms with Gasteiger partial charge in [0.1, 0.15) is 5.56 Å². The summed E-state index contributed by atoms with van der Waals surface area (Å²) in [5.74, 6) is -1.26. The first-order valence-electron chi connectivity index (χ1n) is 6.90. The SMILES string of the molecule is O=C(O)c1cc(-c2cc(Cl)ccc2CO)cn(C2CC2)c1=O. The van der Waals surface area contributed by atoms with Crippen molar-refractivity contribution in [2.75, 3.05) is 0 Å². The highest BCUT2D eigenvalue weighted by Crippen LogP contribution is 2.35. The first-order valence-corrected chi connectivity index (χ1v) is 7.28. The van der Waals surface area contributed by atoms with Crippen LogP contribution in [0.2, 0.25) is 5.02 Å². The molecule has 0 amide bonds. The van der Waals surface area contributed by atoms with Crippen LogP contribution in [-0.2, 0) is 6.61 Å². The van der Waals surface area contributed by atoms with E-state index in [1.54, 1.807) is 24.4 Å². The van der Waals surface area contributed by atoms with Gasteiger partial charge in [0.2, 0.25) is 0 Å². The Labute approximate surface area is 131 Å². The molecule has 2 N–H and O–H groups in total. The minimum Gasteiger partial charge on any atom is -0.477 e. The van der Waals surface area contributed by atoms with E-state index in [2.05, 4.69) is 0 Å². The topological polar surface area (TPSA) is 79.5 Å². The molecule has 1 saturated carbocycles. The Balaban J connectivity index is 2.25. The molecule has 1 aromatic heterocycles. The van der Waals surface area contributed by atoms with Gasteiger partial charge in [-0.3, -0.25) is 4.79 Å².